The van der Waals surface area contributed by atoms with Gasteiger partial charge in [0.25, 0.3) is 0 Å². The second kappa shape index (κ2) is 18.9. The average Bonchev–Trinajstić information content (AvgIpc) is 3.72. The van der Waals surface area contributed by atoms with Crippen LogP contribution in [0.2, 0.25) is 51.4 Å². The number of rotatable bonds is 19. The monoisotopic (exact) mass is 794 g/mol. The molecule has 1 N–H and O–H groups in total. The molecule has 3 aromatic heterocycles. The molecule has 5 aromatic rings. The van der Waals surface area contributed by atoms with Crippen LogP contribution in [-0.2, 0) is 35.2 Å². The van der Waals surface area contributed by atoms with E-state index in [0.717, 1.165) is 89.5 Å². The van der Waals surface area contributed by atoms with Crippen molar-refractivity contribution in [2.45, 2.75) is 82.0 Å². The van der Waals surface area contributed by atoms with Crippen LogP contribution in [0.1, 0.15) is 11.1 Å². The predicted molar refractivity (Wildman–Crippen MR) is 233 cm³/mol. The summed E-state index contributed by atoms with van der Waals surface area (Å²) in [7, 11) is -2.50. The Morgan fingerprint density at radius 1 is 0.836 bits per heavy atom. The average molecular weight is 795 g/mol. The molecular weight excluding hydrogens is 737 g/mol. The van der Waals surface area contributed by atoms with Crippen LogP contribution in [-0.4, -0.2) is 96.2 Å². The molecule has 1 aliphatic rings. The number of terminal acetylenes is 1. The summed E-state index contributed by atoms with van der Waals surface area (Å²) in [4.78, 5) is 16.0. The van der Waals surface area contributed by atoms with Crippen molar-refractivity contribution in [1.82, 2.24) is 34.1 Å². The van der Waals surface area contributed by atoms with Gasteiger partial charge in [-0.1, -0.05) is 81.6 Å². The first-order chi connectivity index (χ1) is 26.4. The molecule has 10 nitrogen and oxygen atoms in total. The highest BCUT2D eigenvalue weighted by Crippen LogP contribution is 2.33. The van der Waals surface area contributed by atoms with Crippen molar-refractivity contribution in [3.05, 3.63) is 84.2 Å². The zero-order valence-electron chi connectivity index (χ0n) is 33.6. The highest BCUT2D eigenvalue weighted by molar-refractivity contribution is 7.98. The third-order valence-corrected chi connectivity index (χ3v) is 14.1. The lowest BCUT2D eigenvalue weighted by Crippen LogP contribution is -2.45. The Hall–Kier alpha value is -3.75. The number of piperazine rings is 1. The minimum absolute atomic E-state index is 0.355. The number of hydrogen-bond acceptors (Lipinski definition) is 9. The van der Waals surface area contributed by atoms with Gasteiger partial charge >= 0.3 is 0 Å². The topological polar surface area (TPSA) is 85.5 Å². The molecule has 292 valence electrons. The van der Waals surface area contributed by atoms with Gasteiger partial charge in [0.2, 0.25) is 0 Å². The van der Waals surface area contributed by atoms with E-state index in [0.29, 0.717) is 33.2 Å². The zero-order chi connectivity index (χ0) is 38.8. The summed E-state index contributed by atoms with van der Waals surface area (Å²) in [5.74, 6) is 5.17. The Labute approximate surface area is 334 Å². The van der Waals surface area contributed by atoms with Gasteiger partial charge in [-0.3, -0.25) is 14.4 Å². The van der Waals surface area contributed by atoms with Gasteiger partial charge in [0.05, 0.1) is 29.5 Å². The van der Waals surface area contributed by atoms with Crippen molar-refractivity contribution in [1.29, 1.82) is 0 Å². The minimum atomic E-state index is -1.27. The number of anilines is 2. The van der Waals surface area contributed by atoms with Gasteiger partial charge in [-0.05, 0) is 47.5 Å². The number of imidazole rings is 1. The SMILES string of the molecule is C#CCN1CCN(Cc2ccc3nc(-c4nn(COCC[Si](C)(C)C)cc4Nc4ccc(SCc5ccccc5)cn4)n(COCC[Si](C)(C)C)c3c2)CC1. The first-order valence-electron chi connectivity index (χ1n) is 19.4. The highest BCUT2D eigenvalue weighted by Gasteiger charge is 2.23. The van der Waals surface area contributed by atoms with Gasteiger partial charge in [0.1, 0.15) is 19.3 Å². The van der Waals surface area contributed by atoms with Crippen molar-refractivity contribution in [3.63, 3.8) is 0 Å². The van der Waals surface area contributed by atoms with Gasteiger partial charge in [0, 0.05) is 78.9 Å². The van der Waals surface area contributed by atoms with Crippen molar-refractivity contribution in [2.75, 3.05) is 51.3 Å². The number of pyridine rings is 1. The molecule has 55 heavy (non-hydrogen) atoms. The molecule has 0 radical (unpaired) electrons. The summed E-state index contributed by atoms with van der Waals surface area (Å²) in [6, 6.07) is 23.5. The van der Waals surface area contributed by atoms with Crippen LogP contribution in [0.15, 0.2) is 78.0 Å². The third kappa shape index (κ3) is 12.4. The fourth-order valence-electron chi connectivity index (χ4n) is 6.30. The third-order valence-electron chi connectivity index (χ3n) is 9.66. The second-order valence-corrected chi connectivity index (χ2v) is 29.1. The molecule has 6 rings (SSSR count). The minimum Gasteiger partial charge on any atom is -0.361 e. The zero-order valence-corrected chi connectivity index (χ0v) is 36.4. The molecule has 0 bridgehead atoms. The van der Waals surface area contributed by atoms with Gasteiger partial charge in [-0.25, -0.2) is 14.6 Å². The summed E-state index contributed by atoms with van der Waals surface area (Å²) in [6.45, 7) is 22.0. The molecule has 1 saturated heterocycles. The number of nitrogens with one attached hydrogen (secondary N) is 1. The summed E-state index contributed by atoms with van der Waals surface area (Å²) < 4.78 is 16.6. The van der Waals surface area contributed by atoms with E-state index in [1.807, 2.05) is 29.2 Å². The van der Waals surface area contributed by atoms with Crippen LogP contribution in [0.4, 0.5) is 11.5 Å². The van der Waals surface area contributed by atoms with Crippen LogP contribution >= 0.6 is 11.8 Å². The maximum Gasteiger partial charge on any atom is 0.165 e. The van der Waals surface area contributed by atoms with E-state index in [-0.39, 0.29) is 0 Å². The Bertz CT molecular complexity index is 2010. The molecule has 2 aromatic carbocycles. The molecule has 13 heteroatoms. The molecule has 0 atom stereocenters. The number of hydrogen-bond donors (Lipinski definition) is 1. The number of aromatic nitrogens is 5. The van der Waals surface area contributed by atoms with Crippen molar-refractivity contribution >= 4 is 50.4 Å². The quantitative estimate of drug-likeness (QED) is 0.0382. The normalized spacial score (nSPS) is 14.4. The number of nitrogens with zero attached hydrogens (tertiary/aromatic N) is 7. The molecule has 0 spiro atoms. The fourth-order valence-corrected chi connectivity index (χ4v) is 8.63. The van der Waals surface area contributed by atoms with Crippen molar-refractivity contribution < 1.29 is 9.47 Å². The first-order valence-corrected chi connectivity index (χ1v) is 27.8. The van der Waals surface area contributed by atoms with E-state index < -0.39 is 16.1 Å². The van der Waals surface area contributed by atoms with E-state index in [9.17, 15) is 0 Å². The van der Waals surface area contributed by atoms with Crippen LogP contribution in [0.3, 0.4) is 0 Å². The summed E-state index contributed by atoms with van der Waals surface area (Å²) in [5, 5.41) is 8.68. The lowest BCUT2D eigenvalue weighted by atomic mass is 10.1. The molecule has 1 fully saturated rings. The molecule has 0 unspecified atom stereocenters. The molecule has 1 aliphatic heterocycles. The van der Waals surface area contributed by atoms with E-state index in [4.69, 9.17) is 31.0 Å². The van der Waals surface area contributed by atoms with Gasteiger partial charge in [-0.2, -0.15) is 5.10 Å². The lowest BCUT2D eigenvalue weighted by molar-refractivity contribution is 0.0786. The lowest BCUT2D eigenvalue weighted by Gasteiger charge is -2.33. The Balaban J connectivity index is 1.28. The van der Waals surface area contributed by atoms with E-state index in [2.05, 4.69) is 113 Å². The smallest absolute Gasteiger partial charge is 0.165 e. The summed E-state index contributed by atoms with van der Waals surface area (Å²) in [5.41, 5.74) is 6.04. The molecule has 0 aliphatic carbocycles. The number of benzene rings is 2. The molecule has 0 saturated carbocycles. The number of fused-ring (bicyclic) bond motifs is 1. The summed E-state index contributed by atoms with van der Waals surface area (Å²) in [6.07, 6.45) is 9.51. The van der Waals surface area contributed by atoms with Crippen molar-refractivity contribution in [2.24, 2.45) is 0 Å². The first kappa shape index (κ1) is 40.9. The Morgan fingerprint density at radius 2 is 1.55 bits per heavy atom. The second-order valence-electron chi connectivity index (χ2n) is 16.8. The van der Waals surface area contributed by atoms with E-state index >= 15 is 0 Å². The van der Waals surface area contributed by atoms with E-state index in [1.54, 1.807) is 11.8 Å². The Morgan fingerprint density at radius 3 is 2.22 bits per heavy atom. The van der Waals surface area contributed by atoms with Gasteiger partial charge < -0.3 is 14.8 Å². The van der Waals surface area contributed by atoms with Crippen LogP contribution in [0.25, 0.3) is 22.6 Å². The largest absolute Gasteiger partial charge is 0.361 e. The molecule has 4 heterocycles. The molecular formula is C42H58N8O2SSi2. The van der Waals surface area contributed by atoms with Crippen LogP contribution < -0.4 is 5.32 Å². The van der Waals surface area contributed by atoms with Crippen LogP contribution in [0.5, 0.6) is 0 Å². The maximum atomic E-state index is 6.43. The number of ether oxygens (including phenoxy) is 2. The maximum absolute atomic E-state index is 6.43. The summed E-state index contributed by atoms with van der Waals surface area (Å²) >= 11 is 1.78. The van der Waals surface area contributed by atoms with Crippen molar-refractivity contribution in [3.8, 4) is 23.9 Å². The number of thioether (sulfide) groups is 1. The van der Waals surface area contributed by atoms with E-state index in [1.165, 1.54) is 11.1 Å². The highest BCUT2D eigenvalue weighted by atomic mass is 32.2. The fraction of sp³-hybridized carbons (Fsp3) is 0.452. The standard InChI is InChI=1S/C42H58N8O2SSi2/c1-8-18-47-19-21-48(22-20-47)29-35-14-16-37-39(27-35)50(33-52-24-26-55(5,6)7)42(45-37)41-38(30-49(46-41)32-51-23-25-54(2,3)4)44-40-17-15-36(28-43-40)53-31-34-12-10-9-11-13-34/h1,9-17,27-28,30H,18-26,29,31-33H2,2-7H3,(H,43,44). The van der Waals surface area contributed by atoms with Crippen LogP contribution in [0, 0.1) is 12.3 Å². The van der Waals surface area contributed by atoms with Gasteiger partial charge in [0.15, 0.2) is 11.5 Å². The molecule has 0 amide bonds. The Kier molecular flexibility index (Phi) is 14.1. The van der Waals surface area contributed by atoms with Gasteiger partial charge in [-0.15, -0.1) is 18.2 Å². The predicted octanol–water partition coefficient (Wildman–Crippen LogP) is 8.71.